The predicted molar refractivity (Wildman–Crippen MR) is 112 cm³/mol. The number of aliphatic hydroxyl groups is 1. The summed E-state index contributed by atoms with van der Waals surface area (Å²) in [6.45, 7) is 4.24. The van der Waals surface area contributed by atoms with Gasteiger partial charge in [0.1, 0.15) is 30.8 Å². The molecule has 0 aliphatic rings. The second-order valence-corrected chi connectivity index (χ2v) is 7.20. The van der Waals surface area contributed by atoms with Crippen LogP contribution in [0.2, 0.25) is 0 Å². The van der Waals surface area contributed by atoms with Crippen LogP contribution in [-0.4, -0.2) is 41.3 Å². The number of rotatable bonds is 8. The van der Waals surface area contributed by atoms with Crippen molar-refractivity contribution in [2.75, 3.05) is 13.2 Å². The van der Waals surface area contributed by atoms with Crippen LogP contribution in [0.3, 0.4) is 0 Å². The van der Waals surface area contributed by atoms with Crippen molar-refractivity contribution in [1.82, 2.24) is 4.57 Å². The Morgan fingerprint density at radius 1 is 1.16 bits per heavy atom. The van der Waals surface area contributed by atoms with Crippen LogP contribution in [0.15, 0.2) is 60.7 Å². The lowest BCUT2D eigenvalue weighted by Crippen LogP contribution is -2.25. The number of aromatic nitrogens is 1. The summed E-state index contributed by atoms with van der Waals surface area (Å²) >= 11 is 0. The van der Waals surface area contributed by atoms with E-state index in [-0.39, 0.29) is 30.1 Å². The molecule has 0 aliphatic carbocycles. The summed E-state index contributed by atoms with van der Waals surface area (Å²) in [4.78, 5) is 11.4. The smallest absolute Gasteiger partial charge is 0.491 e. The van der Waals surface area contributed by atoms with E-state index < -0.39 is 24.2 Å². The minimum absolute atomic E-state index is 0.0528. The van der Waals surface area contributed by atoms with E-state index in [1.807, 2.05) is 24.3 Å². The van der Waals surface area contributed by atoms with Crippen LogP contribution < -0.4 is 9.47 Å². The molecule has 1 N–H and O–H groups in total. The molecule has 1 atom stereocenters. The molecule has 1 heterocycles. The number of halogens is 3. The van der Waals surface area contributed by atoms with Gasteiger partial charge < -0.3 is 23.9 Å². The van der Waals surface area contributed by atoms with E-state index in [1.54, 1.807) is 17.7 Å². The van der Waals surface area contributed by atoms with Gasteiger partial charge in [-0.15, -0.1) is 13.2 Å². The molecule has 0 radical (unpaired) electrons. The number of fused-ring (bicyclic) bond motifs is 1. The molecular formula is C23H22F3NO5. The fourth-order valence-corrected chi connectivity index (χ4v) is 3.10. The second-order valence-electron chi connectivity index (χ2n) is 7.20. The lowest BCUT2D eigenvalue weighted by atomic mass is 10.1. The van der Waals surface area contributed by atoms with E-state index in [9.17, 15) is 23.1 Å². The van der Waals surface area contributed by atoms with Crippen molar-refractivity contribution in [2.45, 2.75) is 19.4 Å². The van der Waals surface area contributed by atoms with Gasteiger partial charge in [-0.1, -0.05) is 24.8 Å². The summed E-state index contributed by atoms with van der Waals surface area (Å²) in [6.07, 6.45) is -6.09. The van der Waals surface area contributed by atoms with E-state index in [0.717, 1.165) is 17.0 Å². The zero-order chi connectivity index (χ0) is 23.5. The van der Waals surface area contributed by atoms with Crippen molar-refractivity contribution in [2.24, 2.45) is 7.05 Å². The minimum Gasteiger partial charge on any atom is -0.491 e. The van der Waals surface area contributed by atoms with E-state index in [1.165, 1.54) is 19.1 Å². The molecule has 2 aromatic carbocycles. The highest BCUT2D eigenvalue weighted by molar-refractivity contribution is 5.88. The Morgan fingerprint density at radius 3 is 2.53 bits per heavy atom. The van der Waals surface area contributed by atoms with Crippen LogP contribution in [0.1, 0.15) is 6.92 Å². The molecule has 6 nitrogen and oxygen atoms in total. The van der Waals surface area contributed by atoms with Crippen LogP contribution in [0.5, 0.6) is 11.5 Å². The van der Waals surface area contributed by atoms with Gasteiger partial charge in [-0.25, -0.2) is 4.79 Å². The monoisotopic (exact) mass is 449 g/mol. The molecule has 32 heavy (non-hydrogen) atoms. The van der Waals surface area contributed by atoms with Gasteiger partial charge in [0.15, 0.2) is 0 Å². The summed E-state index contributed by atoms with van der Waals surface area (Å²) in [5.74, 6) is -1.05. The largest absolute Gasteiger partial charge is 0.573 e. The number of esters is 1. The average molecular weight is 449 g/mol. The molecule has 0 saturated heterocycles. The lowest BCUT2D eigenvalue weighted by molar-refractivity contribution is -0.274. The van der Waals surface area contributed by atoms with E-state index in [0.29, 0.717) is 5.69 Å². The fourth-order valence-electron chi connectivity index (χ4n) is 3.10. The molecular weight excluding hydrogens is 427 g/mol. The predicted octanol–water partition coefficient (Wildman–Crippen LogP) is 4.60. The standard InChI is InChI=1S/C23H22F3NO5/c1-14(2)22(29)31-13-16(28)12-30-17-8-9-18(21(11-17)32-23(24,25)26)20-10-15-6-4-5-7-19(15)27(20)3/h4-11,16,28H,1,12-13H2,2-3H3. The summed E-state index contributed by atoms with van der Waals surface area (Å²) in [5.41, 5.74) is 1.79. The zero-order valence-electron chi connectivity index (χ0n) is 17.5. The number of ether oxygens (including phenoxy) is 3. The Bertz CT molecular complexity index is 1140. The highest BCUT2D eigenvalue weighted by Crippen LogP contribution is 2.38. The van der Waals surface area contributed by atoms with Crippen LogP contribution in [-0.2, 0) is 16.6 Å². The van der Waals surface area contributed by atoms with Gasteiger partial charge in [0, 0.05) is 35.2 Å². The maximum Gasteiger partial charge on any atom is 0.573 e. The van der Waals surface area contributed by atoms with Crippen molar-refractivity contribution < 1.29 is 37.3 Å². The molecule has 1 unspecified atom stereocenters. The lowest BCUT2D eigenvalue weighted by Gasteiger charge is -2.17. The van der Waals surface area contributed by atoms with E-state index in [4.69, 9.17) is 9.47 Å². The Hall–Kier alpha value is -3.46. The SMILES string of the molecule is C=C(C)C(=O)OCC(O)COc1ccc(-c2cc3ccccc3n2C)c(OC(F)(F)F)c1. The van der Waals surface area contributed by atoms with Crippen LogP contribution in [0, 0.1) is 0 Å². The third-order valence-corrected chi connectivity index (χ3v) is 4.60. The summed E-state index contributed by atoms with van der Waals surface area (Å²) in [6, 6.07) is 13.2. The number of alkyl halides is 3. The van der Waals surface area contributed by atoms with Gasteiger partial charge in [-0.2, -0.15) is 0 Å². The van der Waals surface area contributed by atoms with Gasteiger partial charge in [0.25, 0.3) is 0 Å². The molecule has 9 heteroatoms. The molecule has 0 fully saturated rings. The molecule has 0 bridgehead atoms. The van der Waals surface area contributed by atoms with Crippen molar-refractivity contribution in [3.8, 4) is 22.8 Å². The Labute approximate surface area is 182 Å². The van der Waals surface area contributed by atoms with Gasteiger partial charge >= 0.3 is 12.3 Å². The van der Waals surface area contributed by atoms with Crippen LogP contribution >= 0.6 is 0 Å². The molecule has 0 aliphatic heterocycles. The van der Waals surface area contributed by atoms with Crippen molar-refractivity contribution in [1.29, 1.82) is 0 Å². The number of hydrogen-bond acceptors (Lipinski definition) is 5. The molecule has 0 saturated carbocycles. The Morgan fingerprint density at radius 2 is 1.88 bits per heavy atom. The number of carbonyl (C=O) groups excluding carboxylic acids is 1. The van der Waals surface area contributed by atoms with E-state index in [2.05, 4.69) is 11.3 Å². The molecule has 170 valence electrons. The van der Waals surface area contributed by atoms with Crippen molar-refractivity contribution >= 4 is 16.9 Å². The number of benzene rings is 2. The first-order valence-corrected chi connectivity index (χ1v) is 9.63. The maximum atomic E-state index is 13.1. The quantitative estimate of drug-likeness (QED) is 0.402. The van der Waals surface area contributed by atoms with Gasteiger partial charge in [-0.05, 0) is 31.2 Å². The van der Waals surface area contributed by atoms with Gasteiger partial charge in [0.05, 0.1) is 5.69 Å². The first-order valence-electron chi connectivity index (χ1n) is 9.63. The van der Waals surface area contributed by atoms with Crippen molar-refractivity contribution in [3.63, 3.8) is 0 Å². The minimum atomic E-state index is -4.91. The molecule has 0 spiro atoms. The van der Waals surface area contributed by atoms with E-state index >= 15 is 0 Å². The third-order valence-electron chi connectivity index (χ3n) is 4.60. The summed E-state index contributed by atoms with van der Waals surface area (Å²) in [5, 5.41) is 10.8. The molecule has 0 amide bonds. The van der Waals surface area contributed by atoms with Gasteiger partial charge in [0.2, 0.25) is 0 Å². The number of aliphatic hydroxyl groups excluding tert-OH is 1. The number of hydrogen-bond donors (Lipinski definition) is 1. The second kappa shape index (κ2) is 9.35. The van der Waals surface area contributed by atoms with Gasteiger partial charge in [-0.3, -0.25) is 0 Å². The number of aryl methyl sites for hydroxylation is 1. The summed E-state index contributed by atoms with van der Waals surface area (Å²) in [7, 11) is 1.75. The molecule has 1 aromatic heterocycles. The highest BCUT2D eigenvalue weighted by Gasteiger charge is 2.33. The fraction of sp³-hybridized carbons (Fsp3) is 0.261. The first kappa shape index (κ1) is 23.2. The molecule has 3 aromatic rings. The number of nitrogens with zero attached hydrogens (tertiary/aromatic N) is 1. The van der Waals surface area contributed by atoms with Crippen molar-refractivity contribution in [3.05, 3.63) is 60.7 Å². The average Bonchev–Trinajstić information content (AvgIpc) is 3.06. The highest BCUT2D eigenvalue weighted by atomic mass is 19.4. The third kappa shape index (κ3) is 5.61. The number of para-hydroxylation sites is 1. The topological polar surface area (TPSA) is 69.9 Å². The normalized spacial score (nSPS) is 12.4. The Balaban J connectivity index is 1.83. The Kier molecular flexibility index (Phi) is 6.78. The number of carbonyl (C=O) groups is 1. The maximum absolute atomic E-state index is 13.1. The first-order chi connectivity index (χ1) is 15.0. The molecule has 3 rings (SSSR count). The van der Waals surface area contributed by atoms with Crippen LogP contribution in [0.25, 0.3) is 22.2 Å². The van der Waals surface area contributed by atoms with Crippen LogP contribution in [0.4, 0.5) is 13.2 Å². The summed E-state index contributed by atoms with van der Waals surface area (Å²) < 4.78 is 55.4. The zero-order valence-corrected chi connectivity index (χ0v) is 17.5.